The molecule has 0 radical (unpaired) electrons. The number of benzene rings is 9. The minimum absolute atomic E-state index is 0.266. The highest BCUT2D eigenvalue weighted by Crippen LogP contribution is 2.37. The van der Waals surface area contributed by atoms with Crippen molar-refractivity contribution in [2.24, 2.45) is 0 Å². The standard InChI is InChI=1S/C31H28N8.C30H27N7O.C28H20FN5O.C26H16F2N6/c1-37-13-15-38(16-14-37)27-9-7-23-20-39(21-25(23)18-27)31-32-12-11-30(35-31)29-4-2-3-26(34-29)8-5-22-6-10-28-24(17-22)19-33-36-28;1-36(2)14-15-38-26-10-8-22-19-37(20-24(22)17-26)30-31-13-12-29(34-30)28-5-3-4-25(33-28)9-6-21-7-11-27-23(16-21)18-32-35-27;1-35-25-6-5-20-16-34(17-23(20)14-25)28-30-9-8-26(32-28)21-11-19(12-24(29)13-21)3-2-18-4-7-27-22(10-18)15-31-33-27;27-20-4-3-17-14-34(15-19(17)10-20)26-29-8-7-24(32-26)25-12-21(28)11-22(31-25)5-1-16-2-6-23-18(9-16)13-30-33-23/h2-4,6-7,9-12,17-19H,13-16,20-21H2,1H3,(H,33,36);3-5,7-8,10-13,16-18H,14-15,19-20H2,1-2H3,(H,32,35);4-15H,16-17H2,1H3,(H,31,33);2-4,6-13H,14-15H2,(H,30,33). The van der Waals surface area contributed by atoms with Crippen LogP contribution in [0.25, 0.3) is 89.0 Å². The number of piperazine rings is 1. The molecule has 0 atom stereocenters. The van der Waals surface area contributed by atoms with Gasteiger partial charge in [0.2, 0.25) is 23.8 Å². The van der Waals surface area contributed by atoms with E-state index >= 15 is 0 Å². The molecule has 5 aliphatic heterocycles. The van der Waals surface area contributed by atoms with Crippen molar-refractivity contribution in [3.63, 3.8) is 0 Å². The Labute approximate surface area is 838 Å². The molecule has 5 aliphatic rings. The van der Waals surface area contributed by atoms with Crippen molar-refractivity contribution < 1.29 is 22.6 Å². The van der Waals surface area contributed by atoms with Crippen LogP contribution in [0, 0.1) is 64.8 Å². The molecular formula is C115H91F3N26O2. The Morgan fingerprint density at radius 3 is 1.19 bits per heavy atom. The smallest absolute Gasteiger partial charge is 0.226 e. The molecule has 0 unspecified atom stereocenters. The number of hydrogen-bond acceptors (Lipinski definition) is 24. The number of anilines is 5. The summed E-state index contributed by atoms with van der Waals surface area (Å²) in [6, 6.07) is 73.7. The maximum atomic E-state index is 14.5. The number of H-pyrrole nitrogens is 4. The predicted octanol–water partition coefficient (Wildman–Crippen LogP) is 18.1. The molecule has 20 aromatic rings. The summed E-state index contributed by atoms with van der Waals surface area (Å²) in [7, 11) is 7.94. The van der Waals surface area contributed by atoms with E-state index in [9.17, 15) is 13.2 Å². The van der Waals surface area contributed by atoms with Crippen LogP contribution in [0.2, 0.25) is 0 Å². The highest BCUT2D eigenvalue weighted by molar-refractivity contribution is 5.83. The lowest BCUT2D eigenvalue weighted by atomic mass is 10.1. The third kappa shape index (κ3) is 21.6. The average molecular weight is 1930 g/mol. The minimum Gasteiger partial charge on any atom is -0.497 e. The summed E-state index contributed by atoms with van der Waals surface area (Å²) >= 11 is 0. The summed E-state index contributed by atoms with van der Waals surface area (Å²) in [5, 5.41) is 31.9. The van der Waals surface area contributed by atoms with Crippen molar-refractivity contribution in [3.05, 3.63) is 393 Å². The number of likely N-dealkylation sites (N-methyl/N-ethyl adjacent to an activating group) is 2. The molecule has 1 fully saturated rings. The summed E-state index contributed by atoms with van der Waals surface area (Å²) in [6.07, 6.45) is 14.0. The number of methoxy groups -OCH3 is 1. The summed E-state index contributed by atoms with van der Waals surface area (Å²) < 4.78 is 53.8. The molecule has 0 aliphatic carbocycles. The van der Waals surface area contributed by atoms with Gasteiger partial charge in [-0.1, -0.05) is 66.0 Å². The first kappa shape index (κ1) is 92.2. The second kappa shape index (κ2) is 41.5. The third-order valence-electron chi connectivity index (χ3n) is 25.6. The fraction of sp³-hybridized carbons (Fsp3) is 0.157. The summed E-state index contributed by atoms with van der Waals surface area (Å²) in [6.45, 7) is 11.5. The van der Waals surface area contributed by atoms with Crippen molar-refractivity contribution in [3.8, 4) is 104 Å². The quantitative estimate of drug-likeness (QED) is 0.0735. The normalized spacial score (nSPS) is 13.2. The van der Waals surface area contributed by atoms with E-state index < -0.39 is 5.82 Å². The van der Waals surface area contributed by atoms with Crippen LogP contribution >= 0.6 is 0 Å². The predicted molar refractivity (Wildman–Crippen MR) is 557 cm³/mol. The van der Waals surface area contributed by atoms with E-state index in [1.807, 2.05) is 171 Å². The minimum atomic E-state index is -0.455. The first-order valence-corrected chi connectivity index (χ1v) is 47.5. The van der Waals surface area contributed by atoms with Gasteiger partial charge in [-0.15, -0.1) is 0 Å². The zero-order valence-corrected chi connectivity index (χ0v) is 79.8. The Morgan fingerprint density at radius 2 is 0.705 bits per heavy atom. The molecule has 714 valence electrons. The van der Waals surface area contributed by atoms with Gasteiger partial charge in [-0.3, -0.25) is 20.4 Å². The molecule has 9 aromatic carbocycles. The summed E-state index contributed by atoms with van der Waals surface area (Å²) in [5.74, 6) is 28.1. The van der Waals surface area contributed by atoms with Crippen LogP contribution < -0.4 is 34.0 Å². The fourth-order valence-electron chi connectivity index (χ4n) is 17.9. The lowest BCUT2D eigenvalue weighted by Gasteiger charge is -2.34. The van der Waals surface area contributed by atoms with Crippen LogP contribution in [0.1, 0.15) is 89.4 Å². The van der Waals surface area contributed by atoms with Crippen LogP contribution in [0.5, 0.6) is 11.5 Å². The molecule has 31 heteroatoms. The number of aromatic nitrogens is 19. The van der Waals surface area contributed by atoms with Crippen LogP contribution in [0.15, 0.2) is 286 Å². The monoisotopic (exact) mass is 1920 g/mol. The van der Waals surface area contributed by atoms with Gasteiger partial charge in [0.05, 0.1) is 93.8 Å². The Morgan fingerprint density at radius 1 is 0.315 bits per heavy atom. The van der Waals surface area contributed by atoms with Crippen LogP contribution in [-0.2, 0) is 52.4 Å². The van der Waals surface area contributed by atoms with Crippen LogP contribution in [0.4, 0.5) is 42.7 Å². The number of pyridine rings is 3. The number of hydrogen-bond donors (Lipinski definition) is 4. The number of aromatic amines is 4. The van der Waals surface area contributed by atoms with Gasteiger partial charge in [-0.25, -0.2) is 68.0 Å². The van der Waals surface area contributed by atoms with Gasteiger partial charge in [0.25, 0.3) is 0 Å². The van der Waals surface area contributed by atoms with Gasteiger partial charge in [-0.05, 0) is 271 Å². The molecule has 11 aromatic heterocycles. The van der Waals surface area contributed by atoms with E-state index in [0.717, 1.165) is 176 Å². The van der Waals surface area contributed by atoms with Gasteiger partial charge in [-0.2, -0.15) is 20.4 Å². The Kier molecular flexibility index (Phi) is 26.2. The van der Waals surface area contributed by atoms with Crippen molar-refractivity contribution >= 4 is 73.1 Å². The summed E-state index contributed by atoms with van der Waals surface area (Å²) in [4.78, 5) is 66.5. The molecule has 1 saturated heterocycles. The molecule has 28 nitrogen and oxygen atoms in total. The summed E-state index contributed by atoms with van der Waals surface area (Å²) in [5.41, 5.74) is 25.7. The van der Waals surface area contributed by atoms with Crippen molar-refractivity contribution in [1.29, 1.82) is 0 Å². The second-order valence-electron chi connectivity index (χ2n) is 36.1. The van der Waals surface area contributed by atoms with E-state index in [1.165, 1.54) is 75.5 Å². The molecule has 146 heavy (non-hydrogen) atoms. The number of halogens is 3. The second-order valence-corrected chi connectivity index (χ2v) is 36.1. The molecule has 25 rings (SSSR count). The molecular weight excluding hydrogens is 1830 g/mol. The van der Waals surface area contributed by atoms with Crippen LogP contribution in [-0.4, -0.2) is 173 Å². The Balaban J connectivity index is 0.000000111. The number of nitrogens with one attached hydrogen (secondary N) is 4. The van der Waals surface area contributed by atoms with E-state index in [0.29, 0.717) is 95.9 Å². The van der Waals surface area contributed by atoms with E-state index in [4.69, 9.17) is 34.4 Å². The largest absolute Gasteiger partial charge is 0.497 e. The number of ether oxygens (including phenoxy) is 2. The van der Waals surface area contributed by atoms with Gasteiger partial charge in [0, 0.05) is 183 Å². The fourth-order valence-corrected chi connectivity index (χ4v) is 17.9. The average Bonchev–Trinajstić information content (AvgIpc) is 1.64. The molecule has 0 spiro atoms. The molecule has 0 amide bonds. The lowest BCUT2D eigenvalue weighted by Crippen LogP contribution is -2.44. The zero-order valence-electron chi connectivity index (χ0n) is 79.8. The van der Waals surface area contributed by atoms with Crippen LogP contribution in [0.3, 0.4) is 0 Å². The third-order valence-corrected chi connectivity index (χ3v) is 25.6. The topological polar surface area (TPSA) is 298 Å². The maximum absolute atomic E-state index is 14.5. The number of rotatable bonds is 14. The SMILES string of the molecule is CN(C)CCOc1ccc2c(c1)CN(c1nccc(-c3cccc(C#Cc4ccc5[nH]ncc5c4)n3)n1)C2.CN1CCN(c2ccc3c(c2)CN(c2nccc(-c4cccc(C#Cc5ccc6[nH]ncc6c5)n4)n2)C3)CC1.COc1ccc2c(c1)CN(c1nccc(-c3cc(F)cc(C#Cc4ccc5[nH]ncc5c4)c3)n1)C2.Fc1cc(C#Cc2ccc3[nH]ncc3c2)nc(-c2ccnc(N3Cc4ccc(F)cc4C3)n2)c1. The van der Waals surface area contributed by atoms with Crippen molar-refractivity contribution in [2.75, 3.05) is 92.1 Å². The van der Waals surface area contributed by atoms with Crippen molar-refractivity contribution in [1.82, 2.24) is 105 Å². The maximum Gasteiger partial charge on any atom is 0.226 e. The molecule has 0 bridgehead atoms. The van der Waals surface area contributed by atoms with Gasteiger partial charge < -0.3 is 43.8 Å². The highest BCUT2D eigenvalue weighted by atomic mass is 19.1. The van der Waals surface area contributed by atoms with E-state index in [2.05, 4.69) is 191 Å². The Bertz CT molecular complexity index is 8620. The van der Waals surface area contributed by atoms with Crippen molar-refractivity contribution in [2.45, 2.75) is 52.4 Å². The number of fused-ring (bicyclic) bond motifs is 8. The first-order valence-electron chi connectivity index (χ1n) is 47.5. The first-order chi connectivity index (χ1) is 71.5. The molecule has 16 heterocycles. The molecule has 4 N–H and O–H groups in total. The lowest BCUT2D eigenvalue weighted by molar-refractivity contribution is 0.261. The molecule has 0 saturated carbocycles. The Hall–Kier alpha value is -18.8. The highest BCUT2D eigenvalue weighted by Gasteiger charge is 2.29. The van der Waals surface area contributed by atoms with E-state index in [1.54, 1.807) is 68.7 Å². The zero-order chi connectivity index (χ0) is 98.9. The van der Waals surface area contributed by atoms with E-state index in [-0.39, 0.29) is 11.6 Å². The van der Waals surface area contributed by atoms with Gasteiger partial charge in [0.1, 0.15) is 52.6 Å². The van der Waals surface area contributed by atoms with Gasteiger partial charge in [0.15, 0.2) is 0 Å². The van der Waals surface area contributed by atoms with Gasteiger partial charge >= 0.3 is 0 Å². The number of nitrogens with zero attached hydrogens (tertiary/aromatic N) is 22.